The summed E-state index contributed by atoms with van der Waals surface area (Å²) in [6, 6.07) is 5.73. The van der Waals surface area contributed by atoms with Gasteiger partial charge in [0.15, 0.2) is 0 Å². The minimum Gasteiger partial charge on any atom is -0.339 e. The van der Waals surface area contributed by atoms with Gasteiger partial charge in [-0.25, -0.2) is 4.98 Å². The molecule has 2 heterocycles. The second kappa shape index (κ2) is 5.11. The van der Waals surface area contributed by atoms with Crippen molar-refractivity contribution in [2.75, 3.05) is 0 Å². The molecular formula is C15H12Cl2N4O. The molecule has 0 amide bonds. The maximum Gasteiger partial charge on any atom is 0.230 e. The Morgan fingerprint density at radius 1 is 1.23 bits per heavy atom. The molecule has 1 fully saturated rings. The Kier molecular flexibility index (Phi) is 3.20. The molecule has 5 nitrogen and oxygen atoms in total. The van der Waals surface area contributed by atoms with Gasteiger partial charge >= 0.3 is 0 Å². The number of aryl methyl sites for hydroxylation is 1. The molecule has 1 aliphatic rings. The summed E-state index contributed by atoms with van der Waals surface area (Å²) in [5.74, 6) is 1.82. The smallest absolute Gasteiger partial charge is 0.230 e. The summed E-state index contributed by atoms with van der Waals surface area (Å²) in [5.41, 5.74) is 1.99. The van der Waals surface area contributed by atoms with E-state index in [1.807, 2.05) is 29.8 Å². The second-order valence-electron chi connectivity index (χ2n) is 5.47. The number of hydrogen-bond acceptors (Lipinski definition) is 4. The van der Waals surface area contributed by atoms with Crippen molar-refractivity contribution in [3.05, 3.63) is 52.2 Å². The van der Waals surface area contributed by atoms with Crippen LogP contribution in [-0.2, 0) is 7.05 Å². The van der Waals surface area contributed by atoms with E-state index in [-0.39, 0.29) is 5.92 Å². The molecule has 112 valence electrons. The van der Waals surface area contributed by atoms with Crippen LogP contribution >= 0.6 is 23.2 Å². The standard InChI is InChI=1S/C15H12Cl2N4O/c1-21-7-18-6-13(21)14-19-15(22-20-14)10-5-9(10)8-2-3-11(16)12(17)4-8/h2-4,6-7,9-10H,5H2,1H3/t9-,10+/m0/s1. The quantitative estimate of drug-likeness (QED) is 0.725. The minimum atomic E-state index is 0.242. The first kappa shape index (κ1) is 13.8. The van der Waals surface area contributed by atoms with Gasteiger partial charge in [0.25, 0.3) is 0 Å². The van der Waals surface area contributed by atoms with Crippen LogP contribution in [0.4, 0.5) is 0 Å². The summed E-state index contributed by atoms with van der Waals surface area (Å²) < 4.78 is 7.27. The van der Waals surface area contributed by atoms with Crippen molar-refractivity contribution in [3.8, 4) is 11.5 Å². The fourth-order valence-corrected chi connectivity index (χ4v) is 2.95. The van der Waals surface area contributed by atoms with Gasteiger partial charge in [0.2, 0.25) is 11.7 Å². The van der Waals surface area contributed by atoms with Gasteiger partial charge in [-0.3, -0.25) is 0 Å². The zero-order valence-corrected chi connectivity index (χ0v) is 13.2. The number of halogens is 2. The lowest BCUT2D eigenvalue weighted by Gasteiger charge is -2.01. The van der Waals surface area contributed by atoms with Crippen molar-refractivity contribution in [1.29, 1.82) is 0 Å². The third-order valence-electron chi connectivity index (χ3n) is 3.97. The average molecular weight is 335 g/mol. The molecule has 0 aliphatic heterocycles. The van der Waals surface area contributed by atoms with E-state index in [1.165, 1.54) is 0 Å². The van der Waals surface area contributed by atoms with Gasteiger partial charge in [-0.2, -0.15) is 4.98 Å². The highest BCUT2D eigenvalue weighted by molar-refractivity contribution is 6.42. The van der Waals surface area contributed by atoms with Crippen LogP contribution in [0.5, 0.6) is 0 Å². The maximum absolute atomic E-state index is 6.08. The number of benzene rings is 1. The Morgan fingerprint density at radius 2 is 2.09 bits per heavy atom. The van der Waals surface area contributed by atoms with Crippen molar-refractivity contribution >= 4 is 23.2 Å². The predicted octanol–water partition coefficient (Wildman–Crippen LogP) is 4.05. The Hall–Kier alpha value is -1.85. The second-order valence-corrected chi connectivity index (χ2v) is 6.28. The molecule has 1 aliphatic carbocycles. The molecule has 0 radical (unpaired) electrons. The number of hydrogen-bond donors (Lipinski definition) is 0. The largest absolute Gasteiger partial charge is 0.339 e. The Bertz CT molecular complexity index is 842. The first-order valence-electron chi connectivity index (χ1n) is 6.88. The van der Waals surface area contributed by atoms with Gasteiger partial charge in [0.1, 0.15) is 5.69 Å². The van der Waals surface area contributed by atoms with Crippen LogP contribution in [0.25, 0.3) is 11.5 Å². The van der Waals surface area contributed by atoms with Crippen LogP contribution in [0, 0.1) is 0 Å². The lowest BCUT2D eigenvalue weighted by atomic mass is 10.1. The molecule has 2 atom stereocenters. The van der Waals surface area contributed by atoms with E-state index in [1.54, 1.807) is 12.5 Å². The van der Waals surface area contributed by atoms with Crippen LogP contribution in [0.2, 0.25) is 10.0 Å². The molecule has 1 saturated carbocycles. The van der Waals surface area contributed by atoms with E-state index < -0.39 is 0 Å². The molecule has 4 rings (SSSR count). The van der Waals surface area contributed by atoms with E-state index >= 15 is 0 Å². The highest BCUT2D eigenvalue weighted by atomic mass is 35.5. The number of imidazole rings is 1. The average Bonchev–Trinajstić information content (AvgIpc) is 2.94. The highest BCUT2D eigenvalue weighted by Crippen LogP contribution is 2.54. The molecule has 22 heavy (non-hydrogen) atoms. The summed E-state index contributed by atoms with van der Waals surface area (Å²) in [4.78, 5) is 8.56. The summed E-state index contributed by atoms with van der Waals surface area (Å²) in [5, 5.41) is 5.19. The summed E-state index contributed by atoms with van der Waals surface area (Å²) in [6.07, 6.45) is 4.41. The van der Waals surface area contributed by atoms with Gasteiger partial charge in [-0.15, -0.1) is 0 Å². The van der Waals surface area contributed by atoms with E-state index in [0.29, 0.717) is 27.7 Å². The van der Waals surface area contributed by atoms with Crippen molar-refractivity contribution in [2.24, 2.45) is 7.05 Å². The zero-order chi connectivity index (χ0) is 15.3. The maximum atomic E-state index is 6.08. The van der Waals surface area contributed by atoms with Crippen LogP contribution in [-0.4, -0.2) is 19.7 Å². The SMILES string of the molecule is Cn1cncc1-c1noc([C@@H]2C[C@H]2c2ccc(Cl)c(Cl)c2)n1. The molecule has 7 heteroatoms. The first-order chi connectivity index (χ1) is 10.6. The Balaban J connectivity index is 1.56. The predicted molar refractivity (Wildman–Crippen MR) is 83.1 cm³/mol. The van der Waals surface area contributed by atoms with Crippen molar-refractivity contribution in [3.63, 3.8) is 0 Å². The molecule has 0 unspecified atom stereocenters. The third-order valence-corrected chi connectivity index (χ3v) is 4.71. The Labute approximate surface area is 136 Å². The van der Waals surface area contributed by atoms with E-state index in [2.05, 4.69) is 15.1 Å². The van der Waals surface area contributed by atoms with Gasteiger partial charge in [-0.05, 0) is 30.0 Å². The van der Waals surface area contributed by atoms with E-state index in [9.17, 15) is 0 Å². The van der Waals surface area contributed by atoms with Gasteiger partial charge in [-0.1, -0.05) is 34.4 Å². The third kappa shape index (κ3) is 2.30. The lowest BCUT2D eigenvalue weighted by Crippen LogP contribution is -1.91. The molecule has 0 saturated heterocycles. The van der Waals surface area contributed by atoms with Gasteiger partial charge < -0.3 is 9.09 Å². The van der Waals surface area contributed by atoms with Crippen molar-refractivity contribution in [2.45, 2.75) is 18.3 Å². The number of nitrogens with zero attached hydrogens (tertiary/aromatic N) is 4. The van der Waals surface area contributed by atoms with Gasteiger partial charge in [0.05, 0.1) is 22.6 Å². The fraction of sp³-hybridized carbons (Fsp3) is 0.267. The van der Waals surface area contributed by atoms with Crippen molar-refractivity contribution in [1.82, 2.24) is 19.7 Å². The van der Waals surface area contributed by atoms with Crippen LogP contribution in [0.1, 0.15) is 29.7 Å². The first-order valence-corrected chi connectivity index (χ1v) is 7.64. The molecule has 0 bridgehead atoms. The van der Waals surface area contributed by atoms with Crippen LogP contribution in [0.3, 0.4) is 0 Å². The Morgan fingerprint density at radius 3 is 2.82 bits per heavy atom. The number of aromatic nitrogens is 4. The van der Waals surface area contributed by atoms with E-state index in [0.717, 1.165) is 17.7 Å². The van der Waals surface area contributed by atoms with Gasteiger partial charge in [0, 0.05) is 13.0 Å². The zero-order valence-electron chi connectivity index (χ0n) is 11.7. The minimum absolute atomic E-state index is 0.242. The summed E-state index contributed by atoms with van der Waals surface area (Å²) >= 11 is 12.0. The van der Waals surface area contributed by atoms with Crippen LogP contribution in [0.15, 0.2) is 35.2 Å². The van der Waals surface area contributed by atoms with Crippen LogP contribution < -0.4 is 0 Å². The summed E-state index contributed by atoms with van der Waals surface area (Å²) in [6.45, 7) is 0. The normalized spacial score (nSPS) is 20.3. The molecule has 1 aromatic carbocycles. The fourth-order valence-electron chi connectivity index (χ4n) is 2.64. The van der Waals surface area contributed by atoms with E-state index in [4.69, 9.17) is 27.7 Å². The highest BCUT2D eigenvalue weighted by Gasteiger charge is 2.44. The molecular weight excluding hydrogens is 323 g/mol. The van der Waals surface area contributed by atoms with Crippen molar-refractivity contribution < 1.29 is 4.52 Å². The monoisotopic (exact) mass is 334 g/mol. The molecule has 2 aromatic heterocycles. The number of rotatable bonds is 3. The molecule has 0 N–H and O–H groups in total. The lowest BCUT2D eigenvalue weighted by molar-refractivity contribution is 0.378. The summed E-state index contributed by atoms with van der Waals surface area (Å²) in [7, 11) is 1.90. The molecule has 3 aromatic rings. The molecule has 0 spiro atoms. The topological polar surface area (TPSA) is 56.7 Å².